The van der Waals surface area contributed by atoms with Gasteiger partial charge in [-0.15, -0.1) is 0 Å². The number of hydrogen-bond donors (Lipinski definition) is 1. The van der Waals surface area contributed by atoms with Crippen LogP contribution in [0, 0.1) is 5.92 Å². The third kappa shape index (κ3) is 3.98. The first-order valence-electron chi connectivity index (χ1n) is 7.69. The summed E-state index contributed by atoms with van der Waals surface area (Å²) >= 11 is 0. The van der Waals surface area contributed by atoms with E-state index in [-0.39, 0.29) is 0 Å². The molecule has 1 aliphatic heterocycles. The molecule has 1 aliphatic carbocycles. The minimum Gasteiger partial charge on any atom is -0.340 e. The number of amides is 1. The van der Waals surface area contributed by atoms with Crippen molar-refractivity contribution in [3.63, 3.8) is 0 Å². The van der Waals surface area contributed by atoms with Gasteiger partial charge < -0.3 is 10.2 Å². The van der Waals surface area contributed by atoms with Crippen molar-refractivity contribution in [3.8, 4) is 0 Å². The number of piperazine rings is 1. The van der Waals surface area contributed by atoms with E-state index in [0.29, 0.717) is 23.9 Å². The maximum atomic E-state index is 12.4. The first-order valence-corrected chi connectivity index (χ1v) is 7.69. The fourth-order valence-corrected chi connectivity index (χ4v) is 3.47. The maximum Gasteiger partial charge on any atom is 0.222 e. The van der Waals surface area contributed by atoms with E-state index in [0.717, 1.165) is 19.5 Å². The Hall–Kier alpha value is -0.570. The lowest BCUT2D eigenvalue weighted by molar-refractivity contribution is -0.134. The lowest BCUT2D eigenvalue weighted by Gasteiger charge is -2.36. The average molecular weight is 252 g/mol. The monoisotopic (exact) mass is 252 g/mol. The van der Waals surface area contributed by atoms with E-state index in [4.69, 9.17) is 0 Å². The van der Waals surface area contributed by atoms with Crippen LogP contribution in [0.4, 0.5) is 0 Å². The van der Waals surface area contributed by atoms with Gasteiger partial charge in [-0.25, -0.2) is 0 Å². The summed E-state index contributed by atoms with van der Waals surface area (Å²) in [6.07, 6.45) is 8.71. The minimum atomic E-state index is 0.391. The second kappa shape index (κ2) is 6.55. The molecule has 1 saturated carbocycles. The topological polar surface area (TPSA) is 32.3 Å². The molecule has 104 valence electrons. The molecule has 3 nitrogen and oxygen atoms in total. The van der Waals surface area contributed by atoms with Gasteiger partial charge >= 0.3 is 0 Å². The summed E-state index contributed by atoms with van der Waals surface area (Å²) in [4.78, 5) is 14.4. The summed E-state index contributed by atoms with van der Waals surface area (Å²) < 4.78 is 0. The molecule has 2 rings (SSSR count). The molecule has 0 aromatic heterocycles. The van der Waals surface area contributed by atoms with Gasteiger partial charge in [-0.05, 0) is 32.6 Å². The molecule has 0 aromatic rings. The van der Waals surface area contributed by atoms with Crippen LogP contribution in [0.25, 0.3) is 0 Å². The fourth-order valence-electron chi connectivity index (χ4n) is 3.47. The van der Waals surface area contributed by atoms with Gasteiger partial charge in [-0.2, -0.15) is 0 Å². The predicted octanol–water partition coefficient (Wildman–Crippen LogP) is 2.56. The summed E-state index contributed by atoms with van der Waals surface area (Å²) in [6, 6.07) is 0.874. The van der Waals surface area contributed by atoms with E-state index in [1.807, 2.05) is 0 Å². The quantitative estimate of drug-likeness (QED) is 0.766. The first-order chi connectivity index (χ1) is 8.65. The fraction of sp³-hybridized carbons (Fsp3) is 0.933. The number of rotatable bonds is 2. The van der Waals surface area contributed by atoms with E-state index < -0.39 is 0 Å². The van der Waals surface area contributed by atoms with Crippen molar-refractivity contribution in [2.45, 2.75) is 70.9 Å². The maximum absolute atomic E-state index is 12.4. The molecule has 0 aromatic carbocycles. The molecule has 2 fully saturated rings. The van der Waals surface area contributed by atoms with Crippen molar-refractivity contribution in [1.82, 2.24) is 10.2 Å². The third-order valence-electron chi connectivity index (χ3n) is 4.35. The van der Waals surface area contributed by atoms with Crippen molar-refractivity contribution >= 4 is 5.91 Å². The number of carbonyl (C=O) groups is 1. The molecular formula is C15H28N2O. The van der Waals surface area contributed by atoms with E-state index in [1.165, 1.54) is 38.5 Å². The van der Waals surface area contributed by atoms with Gasteiger partial charge in [0.05, 0.1) is 0 Å². The Labute approximate surface area is 111 Å². The molecule has 2 aliphatic rings. The van der Waals surface area contributed by atoms with Crippen LogP contribution in [0.15, 0.2) is 0 Å². The predicted molar refractivity (Wildman–Crippen MR) is 74.4 cm³/mol. The summed E-state index contributed by atoms with van der Waals surface area (Å²) in [6.45, 7) is 6.11. The number of carbonyl (C=O) groups excluding carboxylic acids is 1. The van der Waals surface area contributed by atoms with Crippen LogP contribution in [0.5, 0.6) is 0 Å². The molecule has 1 N–H and O–H groups in total. The van der Waals surface area contributed by atoms with Crippen molar-refractivity contribution in [1.29, 1.82) is 0 Å². The SMILES string of the molecule is CC1CN(C(=O)CC2CCCCCC2)CC(C)N1. The van der Waals surface area contributed by atoms with Gasteiger partial charge in [0.15, 0.2) is 0 Å². The van der Waals surface area contributed by atoms with Crippen LogP contribution in [0.1, 0.15) is 58.8 Å². The zero-order valence-corrected chi connectivity index (χ0v) is 12.0. The first kappa shape index (κ1) is 13.9. The Morgan fingerprint density at radius 3 is 2.17 bits per heavy atom. The lowest BCUT2D eigenvalue weighted by atomic mass is 9.95. The van der Waals surface area contributed by atoms with Gasteiger partial charge in [-0.3, -0.25) is 4.79 Å². The van der Waals surface area contributed by atoms with E-state index >= 15 is 0 Å². The van der Waals surface area contributed by atoms with Crippen LogP contribution in [0.2, 0.25) is 0 Å². The van der Waals surface area contributed by atoms with Crippen LogP contribution in [-0.2, 0) is 4.79 Å². The molecule has 0 bridgehead atoms. The Bertz CT molecular complexity index is 262. The highest BCUT2D eigenvalue weighted by Gasteiger charge is 2.26. The zero-order valence-electron chi connectivity index (χ0n) is 12.0. The summed E-state index contributed by atoms with van der Waals surface area (Å²) in [5, 5.41) is 3.48. The lowest BCUT2D eigenvalue weighted by Crippen LogP contribution is -2.56. The molecule has 1 amide bonds. The Morgan fingerprint density at radius 1 is 1.06 bits per heavy atom. The van der Waals surface area contributed by atoms with Crippen molar-refractivity contribution in [2.75, 3.05) is 13.1 Å². The normalized spacial score (nSPS) is 31.1. The number of nitrogens with zero attached hydrogens (tertiary/aromatic N) is 1. The Balaban J connectivity index is 1.82. The summed E-state index contributed by atoms with van der Waals surface area (Å²) in [7, 11) is 0. The molecule has 0 radical (unpaired) electrons. The van der Waals surface area contributed by atoms with Gasteiger partial charge in [-0.1, -0.05) is 25.7 Å². The molecule has 1 saturated heterocycles. The van der Waals surface area contributed by atoms with E-state index in [2.05, 4.69) is 24.1 Å². The van der Waals surface area contributed by atoms with Crippen molar-refractivity contribution < 1.29 is 4.79 Å². The largest absolute Gasteiger partial charge is 0.340 e. The second-order valence-electron chi connectivity index (χ2n) is 6.33. The van der Waals surface area contributed by atoms with Crippen molar-refractivity contribution in [3.05, 3.63) is 0 Å². The molecule has 2 atom stereocenters. The van der Waals surface area contributed by atoms with Crippen molar-refractivity contribution in [2.24, 2.45) is 5.92 Å². The Kier molecular flexibility index (Phi) is 5.04. The summed E-state index contributed by atoms with van der Waals surface area (Å²) in [5.74, 6) is 1.04. The highest BCUT2D eigenvalue weighted by Crippen LogP contribution is 2.26. The number of nitrogens with one attached hydrogen (secondary N) is 1. The standard InChI is InChI=1S/C15H28N2O/c1-12-10-17(11-13(2)16-12)15(18)9-14-7-5-3-4-6-8-14/h12-14,16H,3-11H2,1-2H3. The Morgan fingerprint density at radius 2 is 1.61 bits per heavy atom. The van der Waals surface area contributed by atoms with Crippen LogP contribution in [-0.4, -0.2) is 36.0 Å². The third-order valence-corrected chi connectivity index (χ3v) is 4.35. The molecule has 2 unspecified atom stereocenters. The molecule has 1 heterocycles. The molecule has 0 spiro atoms. The van der Waals surface area contributed by atoms with Gasteiger partial charge in [0.25, 0.3) is 0 Å². The van der Waals surface area contributed by atoms with Crippen LogP contribution in [0.3, 0.4) is 0 Å². The van der Waals surface area contributed by atoms with Gasteiger partial charge in [0, 0.05) is 31.6 Å². The highest BCUT2D eigenvalue weighted by atomic mass is 16.2. The highest BCUT2D eigenvalue weighted by molar-refractivity contribution is 5.76. The molecule has 3 heteroatoms. The van der Waals surface area contributed by atoms with Crippen LogP contribution >= 0.6 is 0 Å². The van der Waals surface area contributed by atoms with Crippen LogP contribution < -0.4 is 5.32 Å². The van der Waals surface area contributed by atoms with E-state index in [9.17, 15) is 4.79 Å². The van der Waals surface area contributed by atoms with Gasteiger partial charge in [0.1, 0.15) is 0 Å². The average Bonchev–Trinajstić information content (AvgIpc) is 2.56. The number of hydrogen-bond acceptors (Lipinski definition) is 2. The van der Waals surface area contributed by atoms with Gasteiger partial charge in [0.2, 0.25) is 5.91 Å². The summed E-state index contributed by atoms with van der Waals surface area (Å²) in [5.41, 5.74) is 0. The zero-order chi connectivity index (χ0) is 13.0. The smallest absolute Gasteiger partial charge is 0.222 e. The van der Waals surface area contributed by atoms with E-state index in [1.54, 1.807) is 0 Å². The minimum absolute atomic E-state index is 0.391. The molecular weight excluding hydrogens is 224 g/mol. The molecule has 18 heavy (non-hydrogen) atoms. The second-order valence-corrected chi connectivity index (χ2v) is 6.33.